The summed E-state index contributed by atoms with van der Waals surface area (Å²) in [6.45, 7) is 0.457. The van der Waals surface area contributed by atoms with Gasteiger partial charge in [-0.2, -0.15) is 0 Å². The molecule has 4 nitrogen and oxygen atoms in total. The molecular weight excluding hydrogens is 342 g/mol. The largest absolute Gasteiger partial charge is 0.510 e. The zero-order valence-corrected chi connectivity index (χ0v) is 15.8. The molecule has 2 N–H and O–H groups in total. The summed E-state index contributed by atoms with van der Waals surface area (Å²) >= 11 is 1.51. The summed E-state index contributed by atoms with van der Waals surface area (Å²) in [7, 11) is 0. The van der Waals surface area contributed by atoms with Crippen LogP contribution >= 0.6 is 11.3 Å². The van der Waals surface area contributed by atoms with Gasteiger partial charge in [-0.25, -0.2) is 4.98 Å². The summed E-state index contributed by atoms with van der Waals surface area (Å²) in [6.07, 6.45) is 8.60. The second kappa shape index (κ2) is 7.62. The summed E-state index contributed by atoms with van der Waals surface area (Å²) in [5.41, 5.74) is 2.60. The van der Waals surface area contributed by atoms with Gasteiger partial charge in [0.05, 0.1) is 17.8 Å². The molecule has 1 aromatic heterocycles. The lowest BCUT2D eigenvalue weighted by atomic mass is 9.95. The molecule has 136 valence electrons. The van der Waals surface area contributed by atoms with E-state index in [9.17, 15) is 5.11 Å². The highest BCUT2D eigenvalue weighted by Gasteiger charge is 2.34. The van der Waals surface area contributed by atoms with Gasteiger partial charge in [0, 0.05) is 17.0 Å². The number of aromatic nitrogens is 1. The van der Waals surface area contributed by atoms with Crippen molar-refractivity contribution in [3.8, 4) is 11.3 Å². The molecule has 4 rings (SSSR count). The molecule has 0 bridgehead atoms. The van der Waals surface area contributed by atoms with E-state index in [0.29, 0.717) is 29.8 Å². The Morgan fingerprint density at radius 1 is 1.04 bits per heavy atom. The molecule has 0 saturated heterocycles. The van der Waals surface area contributed by atoms with E-state index in [4.69, 9.17) is 10.4 Å². The van der Waals surface area contributed by atoms with Gasteiger partial charge in [0.1, 0.15) is 16.6 Å². The quantitative estimate of drug-likeness (QED) is 0.754. The van der Waals surface area contributed by atoms with Crippen LogP contribution in [0.15, 0.2) is 41.5 Å². The fourth-order valence-electron chi connectivity index (χ4n) is 4.01. The van der Waals surface area contributed by atoms with Gasteiger partial charge in [0.15, 0.2) is 0 Å². The van der Waals surface area contributed by atoms with Gasteiger partial charge in [-0.3, -0.25) is 5.41 Å². The second-order valence-electron chi connectivity index (χ2n) is 7.20. The predicted molar refractivity (Wildman–Crippen MR) is 108 cm³/mol. The lowest BCUT2D eigenvalue weighted by Gasteiger charge is -2.31. The van der Waals surface area contributed by atoms with E-state index in [1.165, 1.54) is 43.4 Å². The molecule has 0 amide bonds. The molecular formula is C21H25N3OS. The van der Waals surface area contributed by atoms with Crippen LogP contribution in [0.4, 0.5) is 0 Å². The van der Waals surface area contributed by atoms with Gasteiger partial charge >= 0.3 is 0 Å². The number of rotatable bonds is 3. The minimum atomic E-state index is 0.297. The first-order valence-electron chi connectivity index (χ1n) is 9.53. The van der Waals surface area contributed by atoms with E-state index in [0.717, 1.165) is 29.1 Å². The smallest absolute Gasteiger partial charge is 0.135 e. The van der Waals surface area contributed by atoms with Crippen LogP contribution < -0.4 is 0 Å². The standard InChI is InChI=1S/C21H25N3OS/c22-20-19(21-23-17(14-26-21)15-9-5-4-6-10-15)18(25)13-24(20)16-11-7-2-1-3-8-12-16/h4-6,9-10,14,16,22,25H,1-3,7-8,11-13H2. The lowest BCUT2D eigenvalue weighted by molar-refractivity contribution is 0.253. The Hall–Kier alpha value is -2.14. The number of hydrogen-bond acceptors (Lipinski definition) is 4. The average molecular weight is 368 g/mol. The molecule has 1 aliphatic carbocycles. The van der Waals surface area contributed by atoms with E-state index in [2.05, 4.69) is 4.90 Å². The van der Waals surface area contributed by atoms with Crippen LogP contribution in [0, 0.1) is 5.41 Å². The van der Waals surface area contributed by atoms with E-state index < -0.39 is 0 Å². The maximum atomic E-state index is 10.6. The Labute approximate surface area is 158 Å². The van der Waals surface area contributed by atoms with Crippen LogP contribution in [-0.4, -0.2) is 33.4 Å². The van der Waals surface area contributed by atoms with Crippen LogP contribution in [0.1, 0.15) is 50.0 Å². The van der Waals surface area contributed by atoms with Crippen molar-refractivity contribution in [2.24, 2.45) is 0 Å². The van der Waals surface area contributed by atoms with Crippen molar-refractivity contribution < 1.29 is 5.11 Å². The maximum Gasteiger partial charge on any atom is 0.135 e. The number of amidine groups is 1. The molecule has 26 heavy (non-hydrogen) atoms. The van der Waals surface area contributed by atoms with Crippen LogP contribution in [0.25, 0.3) is 16.8 Å². The van der Waals surface area contributed by atoms with Gasteiger partial charge in [0.2, 0.25) is 0 Å². The maximum absolute atomic E-state index is 10.6. The number of hydrogen-bond donors (Lipinski definition) is 2. The summed E-state index contributed by atoms with van der Waals surface area (Å²) in [5, 5.41) is 22.0. The van der Waals surface area contributed by atoms with Crippen molar-refractivity contribution in [1.29, 1.82) is 5.41 Å². The second-order valence-corrected chi connectivity index (χ2v) is 8.06. The van der Waals surface area contributed by atoms with E-state index >= 15 is 0 Å². The first-order chi connectivity index (χ1) is 12.7. The number of thiazole rings is 1. The van der Waals surface area contributed by atoms with Crippen LogP contribution in [0.2, 0.25) is 0 Å². The average Bonchev–Trinajstić information content (AvgIpc) is 3.20. The lowest BCUT2D eigenvalue weighted by Crippen LogP contribution is -2.37. The minimum absolute atomic E-state index is 0.297. The van der Waals surface area contributed by atoms with Gasteiger partial charge in [0.25, 0.3) is 0 Å². The van der Waals surface area contributed by atoms with Gasteiger partial charge in [-0.15, -0.1) is 11.3 Å². The normalized spacial score (nSPS) is 19.7. The van der Waals surface area contributed by atoms with Crippen LogP contribution in [0.3, 0.4) is 0 Å². The number of aliphatic hydroxyl groups is 1. The van der Waals surface area contributed by atoms with Crippen molar-refractivity contribution in [3.05, 3.63) is 46.5 Å². The zero-order valence-electron chi connectivity index (χ0n) is 14.9. The number of nitrogens with zero attached hydrogens (tertiary/aromatic N) is 2. The number of nitrogens with one attached hydrogen (secondary N) is 1. The van der Waals surface area contributed by atoms with E-state index in [-0.39, 0.29) is 0 Å². The summed E-state index contributed by atoms with van der Waals surface area (Å²) in [5.74, 6) is 0.744. The Morgan fingerprint density at radius 3 is 2.46 bits per heavy atom. The molecule has 0 unspecified atom stereocenters. The summed E-state index contributed by atoms with van der Waals surface area (Å²) < 4.78 is 0. The Kier molecular flexibility index (Phi) is 5.07. The van der Waals surface area contributed by atoms with Crippen molar-refractivity contribution in [1.82, 2.24) is 9.88 Å². The highest BCUT2D eigenvalue weighted by Crippen LogP contribution is 2.35. The van der Waals surface area contributed by atoms with Crippen LogP contribution in [-0.2, 0) is 0 Å². The number of benzene rings is 1. The molecule has 1 saturated carbocycles. The van der Waals surface area contributed by atoms with Crippen molar-refractivity contribution in [2.75, 3.05) is 6.54 Å². The topological polar surface area (TPSA) is 60.2 Å². The molecule has 1 fully saturated rings. The predicted octanol–water partition coefficient (Wildman–Crippen LogP) is 5.48. The van der Waals surface area contributed by atoms with Gasteiger partial charge in [-0.1, -0.05) is 62.4 Å². The molecule has 2 aromatic rings. The van der Waals surface area contributed by atoms with Crippen LogP contribution in [0.5, 0.6) is 0 Å². The first-order valence-corrected chi connectivity index (χ1v) is 10.4. The van der Waals surface area contributed by atoms with Gasteiger partial charge < -0.3 is 10.0 Å². The van der Waals surface area contributed by atoms with Gasteiger partial charge in [-0.05, 0) is 12.8 Å². The monoisotopic (exact) mass is 367 g/mol. The Balaban J connectivity index is 1.55. The SMILES string of the molecule is N=C1C(c2nc(-c3ccccc3)cs2)=C(O)CN1C1CCCCCCC1. The first kappa shape index (κ1) is 17.3. The zero-order chi connectivity index (χ0) is 17.9. The molecule has 5 heteroatoms. The molecule has 2 heterocycles. The molecule has 0 radical (unpaired) electrons. The highest BCUT2D eigenvalue weighted by atomic mass is 32.1. The third-order valence-electron chi connectivity index (χ3n) is 5.44. The minimum Gasteiger partial charge on any atom is -0.510 e. The third kappa shape index (κ3) is 3.40. The third-order valence-corrected chi connectivity index (χ3v) is 6.30. The molecule has 1 aliphatic heterocycles. The molecule has 1 aromatic carbocycles. The molecule has 2 aliphatic rings. The molecule has 0 atom stereocenters. The molecule has 0 spiro atoms. The van der Waals surface area contributed by atoms with Crippen molar-refractivity contribution in [2.45, 2.75) is 51.0 Å². The fraction of sp³-hybridized carbons (Fsp3) is 0.429. The number of aliphatic hydroxyl groups excluding tert-OH is 1. The summed E-state index contributed by atoms with van der Waals surface area (Å²) in [6, 6.07) is 10.4. The Bertz CT molecular complexity index is 804. The summed E-state index contributed by atoms with van der Waals surface area (Å²) in [4.78, 5) is 6.81. The van der Waals surface area contributed by atoms with Crippen molar-refractivity contribution >= 4 is 22.7 Å². The van der Waals surface area contributed by atoms with E-state index in [1.54, 1.807) is 0 Å². The van der Waals surface area contributed by atoms with E-state index in [1.807, 2.05) is 35.7 Å². The van der Waals surface area contributed by atoms with Crippen molar-refractivity contribution in [3.63, 3.8) is 0 Å². The highest BCUT2D eigenvalue weighted by molar-refractivity contribution is 7.11. The Morgan fingerprint density at radius 2 is 1.73 bits per heavy atom. The fourth-order valence-corrected chi connectivity index (χ4v) is 4.91.